The fraction of sp³-hybridized carbons (Fsp3) is 0.235. The van der Waals surface area contributed by atoms with E-state index in [-0.39, 0.29) is 13.3 Å². The van der Waals surface area contributed by atoms with Crippen LogP contribution < -0.4 is 20.1 Å². The van der Waals surface area contributed by atoms with Crippen LogP contribution in [0.3, 0.4) is 0 Å². The van der Waals surface area contributed by atoms with Gasteiger partial charge in [0.05, 0.1) is 6.10 Å². The van der Waals surface area contributed by atoms with Crippen LogP contribution in [0.2, 0.25) is 0 Å². The van der Waals surface area contributed by atoms with Gasteiger partial charge in [0.2, 0.25) is 6.79 Å². The highest BCUT2D eigenvalue weighted by molar-refractivity contribution is 7.98. The highest BCUT2D eigenvalue weighted by Crippen LogP contribution is 2.34. The molecule has 0 saturated heterocycles. The SMILES string of the molecule is CSc1ccc(C(O)CNC(=O)Nc2ccc3c(c2)OCO3)cc1. The van der Waals surface area contributed by atoms with Crippen molar-refractivity contribution < 1.29 is 19.4 Å². The van der Waals surface area contributed by atoms with Gasteiger partial charge in [-0.1, -0.05) is 12.1 Å². The molecule has 2 amide bonds. The van der Waals surface area contributed by atoms with Gasteiger partial charge in [-0.2, -0.15) is 0 Å². The number of hydrogen-bond acceptors (Lipinski definition) is 5. The molecule has 6 nitrogen and oxygen atoms in total. The number of ether oxygens (including phenoxy) is 2. The van der Waals surface area contributed by atoms with Crippen LogP contribution in [0.15, 0.2) is 47.4 Å². The molecule has 126 valence electrons. The number of rotatable bonds is 5. The number of aliphatic hydroxyl groups is 1. The minimum atomic E-state index is -0.761. The van der Waals surface area contributed by atoms with Crippen molar-refractivity contribution in [2.75, 3.05) is 24.9 Å². The van der Waals surface area contributed by atoms with Gasteiger partial charge in [0.1, 0.15) is 0 Å². The molecule has 1 heterocycles. The zero-order valence-electron chi connectivity index (χ0n) is 13.1. The number of hydrogen-bond donors (Lipinski definition) is 3. The summed E-state index contributed by atoms with van der Waals surface area (Å²) in [6, 6.07) is 12.4. The molecule has 2 aromatic rings. The maximum absolute atomic E-state index is 11.9. The zero-order chi connectivity index (χ0) is 16.9. The lowest BCUT2D eigenvalue weighted by Crippen LogP contribution is -2.32. The van der Waals surface area contributed by atoms with Crippen LogP contribution in [-0.4, -0.2) is 30.7 Å². The molecule has 1 atom stereocenters. The van der Waals surface area contributed by atoms with Gasteiger partial charge in [0, 0.05) is 23.2 Å². The molecule has 0 fully saturated rings. The van der Waals surface area contributed by atoms with E-state index in [9.17, 15) is 9.90 Å². The summed E-state index contributed by atoms with van der Waals surface area (Å²) in [7, 11) is 0. The van der Waals surface area contributed by atoms with Crippen molar-refractivity contribution >= 4 is 23.5 Å². The molecule has 7 heteroatoms. The first-order chi connectivity index (χ1) is 11.7. The van der Waals surface area contributed by atoms with E-state index in [4.69, 9.17) is 9.47 Å². The number of fused-ring (bicyclic) bond motifs is 1. The Balaban J connectivity index is 1.51. The lowest BCUT2D eigenvalue weighted by Gasteiger charge is -2.13. The third-order valence-corrected chi connectivity index (χ3v) is 4.33. The Labute approximate surface area is 144 Å². The minimum Gasteiger partial charge on any atom is -0.454 e. The Bertz CT molecular complexity index is 721. The number of aliphatic hydroxyl groups excluding tert-OH is 1. The Morgan fingerprint density at radius 2 is 1.96 bits per heavy atom. The van der Waals surface area contributed by atoms with Gasteiger partial charge in [-0.15, -0.1) is 11.8 Å². The molecule has 1 aliphatic rings. The minimum absolute atomic E-state index is 0.120. The molecule has 3 rings (SSSR count). The first-order valence-electron chi connectivity index (χ1n) is 7.42. The summed E-state index contributed by atoms with van der Waals surface area (Å²) in [6.07, 6.45) is 1.23. The first kappa shape index (κ1) is 16.5. The summed E-state index contributed by atoms with van der Waals surface area (Å²) in [4.78, 5) is 13.1. The van der Waals surface area contributed by atoms with Crippen LogP contribution in [0.5, 0.6) is 11.5 Å². The predicted octanol–water partition coefficient (Wildman–Crippen LogP) is 2.99. The Kier molecular flexibility index (Phi) is 5.12. The van der Waals surface area contributed by atoms with Crippen molar-refractivity contribution in [2.45, 2.75) is 11.0 Å². The van der Waals surface area contributed by atoms with Gasteiger partial charge in [-0.05, 0) is 36.1 Å². The number of carbonyl (C=O) groups is 1. The maximum atomic E-state index is 11.9. The van der Waals surface area contributed by atoms with E-state index in [1.165, 1.54) is 0 Å². The average molecular weight is 346 g/mol. The predicted molar refractivity (Wildman–Crippen MR) is 92.8 cm³/mol. The van der Waals surface area contributed by atoms with Crippen LogP contribution in [-0.2, 0) is 0 Å². The third kappa shape index (κ3) is 3.93. The van der Waals surface area contributed by atoms with Crippen LogP contribution in [0.25, 0.3) is 0 Å². The molecular weight excluding hydrogens is 328 g/mol. The van der Waals surface area contributed by atoms with E-state index in [1.54, 1.807) is 30.0 Å². The second-order valence-electron chi connectivity index (χ2n) is 5.19. The van der Waals surface area contributed by atoms with Crippen LogP contribution in [0, 0.1) is 0 Å². The van der Waals surface area contributed by atoms with E-state index in [0.717, 1.165) is 10.5 Å². The number of carbonyl (C=O) groups excluding carboxylic acids is 1. The molecule has 2 aromatic carbocycles. The summed E-state index contributed by atoms with van der Waals surface area (Å²) in [5, 5.41) is 15.5. The van der Waals surface area contributed by atoms with Gasteiger partial charge < -0.3 is 25.2 Å². The number of urea groups is 1. The van der Waals surface area contributed by atoms with Crippen molar-refractivity contribution in [2.24, 2.45) is 0 Å². The topological polar surface area (TPSA) is 79.8 Å². The van der Waals surface area contributed by atoms with E-state index >= 15 is 0 Å². The molecule has 0 radical (unpaired) electrons. The van der Waals surface area contributed by atoms with Gasteiger partial charge in [0.15, 0.2) is 11.5 Å². The average Bonchev–Trinajstić information content (AvgIpc) is 3.07. The van der Waals surface area contributed by atoms with Crippen molar-refractivity contribution in [3.05, 3.63) is 48.0 Å². The monoisotopic (exact) mass is 346 g/mol. The van der Waals surface area contributed by atoms with E-state index in [1.807, 2.05) is 30.5 Å². The molecule has 0 spiro atoms. The van der Waals surface area contributed by atoms with E-state index < -0.39 is 12.1 Å². The number of nitrogens with one attached hydrogen (secondary N) is 2. The summed E-state index contributed by atoms with van der Waals surface area (Å²) >= 11 is 1.64. The van der Waals surface area contributed by atoms with Gasteiger partial charge in [-0.25, -0.2) is 4.79 Å². The summed E-state index contributed by atoms with van der Waals surface area (Å²) in [5.74, 6) is 1.26. The Morgan fingerprint density at radius 3 is 2.71 bits per heavy atom. The summed E-state index contributed by atoms with van der Waals surface area (Å²) < 4.78 is 10.5. The quantitative estimate of drug-likeness (QED) is 0.725. The molecule has 3 N–H and O–H groups in total. The molecule has 0 saturated carbocycles. The molecule has 0 bridgehead atoms. The van der Waals surface area contributed by atoms with Gasteiger partial charge in [0.25, 0.3) is 0 Å². The van der Waals surface area contributed by atoms with Crippen molar-refractivity contribution in [1.82, 2.24) is 5.32 Å². The fourth-order valence-electron chi connectivity index (χ4n) is 2.28. The highest BCUT2D eigenvalue weighted by atomic mass is 32.2. The fourth-order valence-corrected chi connectivity index (χ4v) is 2.69. The summed E-state index contributed by atoms with van der Waals surface area (Å²) in [6.45, 7) is 0.307. The van der Waals surface area contributed by atoms with Gasteiger partial charge in [-0.3, -0.25) is 0 Å². The number of thioether (sulfide) groups is 1. The smallest absolute Gasteiger partial charge is 0.319 e. The number of amides is 2. The van der Waals surface area contributed by atoms with Crippen molar-refractivity contribution in [3.8, 4) is 11.5 Å². The number of benzene rings is 2. The number of anilines is 1. The lowest BCUT2D eigenvalue weighted by atomic mass is 10.1. The standard InChI is InChI=1S/C17H18N2O4S/c1-24-13-5-2-11(3-6-13)14(20)9-18-17(21)19-12-4-7-15-16(8-12)23-10-22-15/h2-8,14,20H,9-10H2,1H3,(H2,18,19,21). The Morgan fingerprint density at radius 1 is 1.21 bits per heavy atom. The molecule has 24 heavy (non-hydrogen) atoms. The second-order valence-corrected chi connectivity index (χ2v) is 6.07. The van der Waals surface area contributed by atoms with E-state index in [2.05, 4.69) is 10.6 Å². The first-order valence-corrected chi connectivity index (χ1v) is 8.64. The normalized spacial score (nSPS) is 13.4. The van der Waals surface area contributed by atoms with Crippen molar-refractivity contribution in [1.29, 1.82) is 0 Å². The Hall–Kier alpha value is -2.38. The zero-order valence-corrected chi connectivity index (χ0v) is 13.9. The van der Waals surface area contributed by atoms with Crippen LogP contribution >= 0.6 is 11.8 Å². The van der Waals surface area contributed by atoms with Crippen LogP contribution in [0.1, 0.15) is 11.7 Å². The van der Waals surface area contributed by atoms with Gasteiger partial charge >= 0.3 is 6.03 Å². The lowest BCUT2D eigenvalue weighted by molar-refractivity contribution is 0.174. The molecule has 1 aliphatic heterocycles. The molecular formula is C17H18N2O4S. The molecule has 0 aliphatic carbocycles. The van der Waals surface area contributed by atoms with E-state index in [0.29, 0.717) is 17.2 Å². The molecule has 0 aromatic heterocycles. The van der Waals surface area contributed by atoms with Crippen LogP contribution in [0.4, 0.5) is 10.5 Å². The van der Waals surface area contributed by atoms with Crippen molar-refractivity contribution in [3.63, 3.8) is 0 Å². The highest BCUT2D eigenvalue weighted by Gasteiger charge is 2.14. The third-order valence-electron chi connectivity index (χ3n) is 3.59. The summed E-state index contributed by atoms with van der Waals surface area (Å²) in [5.41, 5.74) is 1.35. The second kappa shape index (κ2) is 7.46. The maximum Gasteiger partial charge on any atom is 0.319 e. The molecule has 1 unspecified atom stereocenters. The largest absolute Gasteiger partial charge is 0.454 e.